The lowest BCUT2D eigenvalue weighted by atomic mass is 9.97. The van der Waals surface area contributed by atoms with E-state index in [1.165, 1.54) is 47.2 Å². The first-order valence-corrected chi connectivity index (χ1v) is 12.9. The highest BCUT2D eigenvalue weighted by molar-refractivity contribution is 5.94. The van der Waals surface area contributed by atoms with Crippen molar-refractivity contribution in [3.63, 3.8) is 0 Å². The van der Waals surface area contributed by atoms with Gasteiger partial charge in [-0.15, -0.1) is 0 Å². The van der Waals surface area contributed by atoms with Crippen LogP contribution in [0.15, 0.2) is 79.0 Å². The number of amides is 1. The number of rotatable bonds is 10. The quantitative estimate of drug-likeness (QED) is 0.178. The average molecular weight is 613 g/mol. The van der Waals surface area contributed by atoms with Crippen molar-refractivity contribution in [1.82, 2.24) is 9.88 Å². The number of aliphatic carboxylic acids is 1. The lowest BCUT2D eigenvalue weighted by molar-refractivity contribution is -0.284. The number of aromatic nitrogens is 1. The summed E-state index contributed by atoms with van der Waals surface area (Å²) in [6, 6.07) is 15.5. The molecule has 0 saturated carbocycles. The van der Waals surface area contributed by atoms with Gasteiger partial charge in [-0.2, -0.15) is 35.1 Å². The second-order valence-electron chi connectivity index (χ2n) is 9.85. The second kappa shape index (κ2) is 12.1. The van der Waals surface area contributed by atoms with Crippen molar-refractivity contribution in [3.05, 3.63) is 95.7 Å². The van der Waals surface area contributed by atoms with Gasteiger partial charge in [0, 0.05) is 35.6 Å². The van der Waals surface area contributed by atoms with Crippen LogP contribution in [0.3, 0.4) is 0 Å². The second-order valence-corrected chi connectivity index (χ2v) is 9.85. The van der Waals surface area contributed by atoms with Crippen LogP contribution >= 0.6 is 0 Å². The Balaban J connectivity index is 1.66. The van der Waals surface area contributed by atoms with Gasteiger partial charge in [0.2, 0.25) is 0 Å². The molecule has 0 aliphatic carbocycles. The summed E-state index contributed by atoms with van der Waals surface area (Å²) in [6.45, 7) is -0.130. The first-order chi connectivity index (χ1) is 20.1. The summed E-state index contributed by atoms with van der Waals surface area (Å²) >= 11 is 0. The smallest absolute Gasteiger partial charge is 0.453 e. The van der Waals surface area contributed by atoms with E-state index in [9.17, 15) is 44.7 Å². The van der Waals surface area contributed by atoms with E-state index in [0.29, 0.717) is 27.6 Å². The SMILES string of the molecule is O=C(O)CCNC(=O)c1ccc(C(CCC(F)(F)C(F)(F)F)n2ccc3cc(-c4ccc(C(F)(F)F)cc4)ccc32)cc1. The number of benzene rings is 3. The van der Waals surface area contributed by atoms with Gasteiger partial charge in [0.1, 0.15) is 0 Å². The highest BCUT2D eigenvalue weighted by Gasteiger charge is 2.56. The zero-order valence-corrected chi connectivity index (χ0v) is 22.1. The first kappa shape index (κ1) is 31.5. The largest absolute Gasteiger partial charge is 0.481 e. The van der Waals surface area contributed by atoms with Gasteiger partial charge in [-0.25, -0.2) is 0 Å². The summed E-state index contributed by atoms with van der Waals surface area (Å²) in [5.74, 6) is -6.65. The van der Waals surface area contributed by atoms with E-state index in [1.807, 2.05) is 0 Å². The molecule has 4 rings (SSSR count). The number of carboxylic acids is 1. The number of carbonyl (C=O) groups is 2. The van der Waals surface area contributed by atoms with Crippen molar-refractivity contribution in [2.75, 3.05) is 6.54 Å². The molecule has 0 aliphatic rings. The number of carbonyl (C=O) groups excluding carboxylic acids is 1. The van der Waals surface area contributed by atoms with Crippen LogP contribution in [0.5, 0.6) is 0 Å². The minimum atomic E-state index is -5.75. The van der Waals surface area contributed by atoms with Crippen LogP contribution in [0.2, 0.25) is 0 Å². The Labute approximate surface area is 239 Å². The Morgan fingerprint density at radius 3 is 2.02 bits per heavy atom. The van der Waals surface area contributed by atoms with Gasteiger partial charge in [0.25, 0.3) is 5.91 Å². The van der Waals surface area contributed by atoms with Crippen molar-refractivity contribution in [2.24, 2.45) is 0 Å². The van der Waals surface area contributed by atoms with Crippen LogP contribution in [0.1, 0.15) is 46.8 Å². The van der Waals surface area contributed by atoms with E-state index in [1.54, 1.807) is 24.3 Å². The number of alkyl halides is 8. The lowest BCUT2D eigenvalue weighted by Gasteiger charge is -2.25. The van der Waals surface area contributed by atoms with Gasteiger partial charge in [-0.05, 0) is 65.6 Å². The number of nitrogens with zero attached hydrogens (tertiary/aromatic N) is 1. The summed E-state index contributed by atoms with van der Waals surface area (Å²) in [6.07, 6.45) is -11.2. The molecule has 1 aromatic heterocycles. The number of hydrogen-bond donors (Lipinski definition) is 2. The fourth-order valence-electron chi connectivity index (χ4n) is 4.63. The fraction of sp³-hybridized carbons (Fsp3) is 0.267. The minimum absolute atomic E-state index is 0.130. The van der Waals surface area contributed by atoms with Gasteiger partial charge < -0.3 is 15.0 Å². The topological polar surface area (TPSA) is 71.3 Å². The van der Waals surface area contributed by atoms with Gasteiger partial charge >= 0.3 is 24.2 Å². The highest BCUT2D eigenvalue weighted by atomic mass is 19.4. The predicted octanol–water partition coefficient (Wildman–Crippen LogP) is 8.10. The van der Waals surface area contributed by atoms with Crippen molar-refractivity contribution < 1.29 is 49.8 Å². The molecule has 0 radical (unpaired) electrons. The molecule has 1 unspecified atom stereocenters. The number of nitrogens with one attached hydrogen (secondary N) is 1. The van der Waals surface area contributed by atoms with Crippen molar-refractivity contribution >= 4 is 22.8 Å². The molecule has 13 heteroatoms. The van der Waals surface area contributed by atoms with Crippen LogP contribution in [0.25, 0.3) is 22.0 Å². The molecule has 1 atom stereocenters. The Bertz CT molecular complexity index is 1590. The molecule has 0 spiro atoms. The van der Waals surface area contributed by atoms with Gasteiger partial charge in [0.15, 0.2) is 0 Å². The molecule has 2 N–H and O–H groups in total. The Kier molecular flexibility index (Phi) is 8.84. The van der Waals surface area contributed by atoms with Crippen molar-refractivity contribution in [1.29, 1.82) is 0 Å². The predicted molar refractivity (Wildman–Crippen MR) is 142 cm³/mol. The maximum Gasteiger partial charge on any atom is 0.453 e. The van der Waals surface area contributed by atoms with Gasteiger partial charge in [0.05, 0.1) is 18.0 Å². The Morgan fingerprint density at radius 2 is 1.44 bits per heavy atom. The van der Waals surface area contributed by atoms with E-state index in [2.05, 4.69) is 5.32 Å². The molecule has 0 bridgehead atoms. The third-order valence-electron chi connectivity index (χ3n) is 6.93. The Hall–Kier alpha value is -4.42. The maximum atomic E-state index is 14.0. The van der Waals surface area contributed by atoms with Crippen molar-refractivity contribution in [2.45, 2.75) is 43.6 Å². The summed E-state index contributed by atoms with van der Waals surface area (Å²) in [5, 5.41) is 11.7. The average Bonchev–Trinajstić information content (AvgIpc) is 3.35. The van der Waals surface area contributed by atoms with E-state index in [0.717, 1.165) is 12.1 Å². The number of hydrogen-bond acceptors (Lipinski definition) is 2. The summed E-state index contributed by atoms with van der Waals surface area (Å²) in [4.78, 5) is 23.0. The van der Waals surface area contributed by atoms with Crippen molar-refractivity contribution in [3.8, 4) is 11.1 Å². The number of halogens is 8. The molecular formula is C30H24F8N2O3. The molecule has 5 nitrogen and oxygen atoms in total. The maximum absolute atomic E-state index is 14.0. The lowest BCUT2D eigenvalue weighted by Crippen LogP contribution is -2.36. The molecule has 228 valence electrons. The normalized spacial score (nSPS) is 13.2. The molecule has 0 saturated heterocycles. The monoisotopic (exact) mass is 612 g/mol. The molecule has 4 aromatic rings. The summed E-state index contributed by atoms with van der Waals surface area (Å²) in [5.41, 5.74) is 1.19. The molecule has 43 heavy (non-hydrogen) atoms. The Morgan fingerprint density at radius 1 is 0.814 bits per heavy atom. The van der Waals surface area contributed by atoms with Gasteiger partial charge in [-0.3, -0.25) is 9.59 Å². The van der Waals surface area contributed by atoms with Crippen LogP contribution in [0, 0.1) is 0 Å². The van der Waals surface area contributed by atoms with Crippen LogP contribution in [0.4, 0.5) is 35.1 Å². The molecule has 1 heterocycles. The third kappa shape index (κ3) is 7.33. The third-order valence-corrected chi connectivity index (χ3v) is 6.93. The molecule has 3 aromatic carbocycles. The molecule has 1 amide bonds. The van der Waals surface area contributed by atoms with Crippen LogP contribution in [-0.2, 0) is 11.0 Å². The zero-order chi connectivity index (χ0) is 31.6. The highest BCUT2D eigenvalue weighted by Crippen LogP contribution is 2.42. The number of carboxylic acid groups (broad SMARTS) is 1. The van der Waals surface area contributed by atoms with Crippen LogP contribution < -0.4 is 5.32 Å². The van der Waals surface area contributed by atoms with Gasteiger partial charge in [-0.1, -0.05) is 30.3 Å². The minimum Gasteiger partial charge on any atom is -0.481 e. The summed E-state index contributed by atoms with van der Waals surface area (Å²) < 4.78 is 107. The van der Waals surface area contributed by atoms with E-state index >= 15 is 0 Å². The fourth-order valence-corrected chi connectivity index (χ4v) is 4.63. The zero-order valence-electron chi connectivity index (χ0n) is 22.1. The van der Waals surface area contributed by atoms with E-state index in [4.69, 9.17) is 5.11 Å². The molecule has 0 fully saturated rings. The number of fused-ring (bicyclic) bond motifs is 1. The van der Waals surface area contributed by atoms with E-state index in [-0.39, 0.29) is 18.5 Å². The summed E-state index contributed by atoms with van der Waals surface area (Å²) in [7, 11) is 0. The standard InChI is InChI=1S/C30H24F8N2O3/c31-28(32,30(36,37)38)14-11-25(19-1-3-20(4-2-19)27(43)39-15-12-26(41)42)40-16-13-22-17-21(7-10-24(22)40)18-5-8-23(9-6-18)29(33,34)35/h1-10,13,16-17,25H,11-12,14-15H2,(H,39,43)(H,41,42). The van der Waals surface area contributed by atoms with E-state index < -0.39 is 54.6 Å². The molecule has 0 aliphatic heterocycles. The first-order valence-electron chi connectivity index (χ1n) is 12.9. The van der Waals surface area contributed by atoms with Crippen LogP contribution in [-0.4, -0.2) is 40.2 Å². The molecular weight excluding hydrogens is 588 g/mol.